The number of carbonyl (C=O) groups excluding carboxylic acids is 1. The first-order valence-electron chi connectivity index (χ1n) is 9.11. The van der Waals surface area contributed by atoms with Crippen LogP contribution in [0.2, 0.25) is 0 Å². The van der Waals surface area contributed by atoms with E-state index in [1.165, 1.54) is 5.56 Å². The van der Waals surface area contributed by atoms with Gasteiger partial charge in [-0.25, -0.2) is 0 Å². The molecule has 1 atom stereocenters. The lowest BCUT2D eigenvalue weighted by atomic mass is 10.2. The van der Waals surface area contributed by atoms with Crippen LogP contribution in [0.3, 0.4) is 0 Å². The van der Waals surface area contributed by atoms with E-state index >= 15 is 0 Å². The predicted octanol–water partition coefficient (Wildman–Crippen LogP) is 2.91. The van der Waals surface area contributed by atoms with E-state index < -0.39 is 0 Å². The average molecular weight is 390 g/mol. The van der Waals surface area contributed by atoms with E-state index in [0.717, 1.165) is 32.7 Å². The number of rotatable bonds is 7. The lowest BCUT2D eigenvalue weighted by Crippen LogP contribution is -2.52. The Morgan fingerprint density at radius 1 is 1.19 bits per heavy atom. The van der Waals surface area contributed by atoms with Crippen molar-refractivity contribution in [1.29, 1.82) is 0 Å². The topological polar surface area (TPSA) is 54.0 Å². The number of hydrogen-bond acceptors (Lipinski definition) is 6. The number of nitrogens with zero attached hydrogens (tertiary/aromatic N) is 2. The number of benzene rings is 1. The molecule has 1 aliphatic heterocycles. The van der Waals surface area contributed by atoms with Crippen LogP contribution >= 0.6 is 11.3 Å². The Bertz CT molecular complexity index is 743. The van der Waals surface area contributed by atoms with E-state index in [2.05, 4.69) is 31.9 Å². The van der Waals surface area contributed by atoms with Crippen LogP contribution in [0.1, 0.15) is 12.5 Å². The zero-order valence-corrected chi connectivity index (χ0v) is 16.9. The van der Waals surface area contributed by atoms with E-state index in [9.17, 15) is 4.79 Å². The Hall–Kier alpha value is -2.09. The minimum absolute atomic E-state index is 0.0344. The molecule has 2 aromatic rings. The van der Waals surface area contributed by atoms with Crippen LogP contribution in [0.15, 0.2) is 35.0 Å². The fourth-order valence-electron chi connectivity index (χ4n) is 3.26. The summed E-state index contributed by atoms with van der Waals surface area (Å²) in [5.74, 6) is 1.27. The number of hydrogen-bond donors (Lipinski definition) is 1. The van der Waals surface area contributed by atoms with Crippen LogP contribution in [-0.2, 0) is 11.3 Å². The van der Waals surface area contributed by atoms with Gasteiger partial charge in [-0.3, -0.25) is 14.6 Å². The molecular weight excluding hydrogens is 362 g/mol. The molecule has 3 rings (SSSR count). The van der Waals surface area contributed by atoms with Crippen LogP contribution in [0.5, 0.6) is 11.5 Å². The van der Waals surface area contributed by atoms with Crippen molar-refractivity contribution in [3.8, 4) is 11.5 Å². The van der Waals surface area contributed by atoms with Gasteiger partial charge in [0.05, 0.1) is 25.9 Å². The largest absolute Gasteiger partial charge is 0.497 e. The number of thiophene rings is 1. The molecule has 1 N–H and O–H groups in total. The van der Waals surface area contributed by atoms with Gasteiger partial charge in [0, 0.05) is 38.8 Å². The quantitative estimate of drug-likeness (QED) is 0.789. The van der Waals surface area contributed by atoms with Crippen molar-refractivity contribution in [2.75, 3.05) is 45.7 Å². The zero-order valence-electron chi connectivity index (χ0n) is 16.1. The van der Waals surface area contributed by atoms with Crippen molar-refractivity contribution in [2.24, 2.45) is 0 Å². The van der Waals surface area contributed by atoms with Crippen molar-refractivity contribution in [3.05, 3.63) is 40.6 Å². The van der Waals surface area contributed by atoms with Gasteiger partial charge in [-0.15, -0.1) is 0 Å². The highest BCUT2D eigenvalue weighted by molar-refractivity contribution is 7.07. The summed E-state index contributed by atoms with van der Waals surface area (Å²) in [6.45, 7) is 6.64. The van der Waals surface area contributed by atoms with E-state index in [4.69, 9.17) is 9.47 Å². The molecular formula is C20H27N3O3S. The molecule has 0 bridgehead atoms. The van der Waals surface area contributed by atoms with Crippen LogP contribution < -0.4 is 14.8 Å². The second kappa shape index (κ2) is 9.21. The molecule has 0 unspecified atom stereocenters. The Labute approximate surface area is 164 Å². The van der Waals surface area contributed by atoms with Crippen LogP contribution in [0.4, 0.5) is 5.69 Å². The van der Waals surface area contributed by atoms with Crippen molar-refractivity contribution in [1.82, 2.24) is 9.80 Å². The standard InChI is InChI=1S/C20H27N3O3S/c1-15(20(24)21-18-12-17(25-2)4-5-19(18)26-3)23-9-7-22(8-10-23)13-16-6-11-27-14-16/h4-6,11-12,14-15H,7-10,13H2,1-3H3,(H,21,24)/t15-/m0/s1. The first kappa shape index (κ1) is 19.7. The van der Waals surface area contributed by atoms with E-state index in [0.29, 0.717) is 17.2 Å². The molecule has 2 heterocycles. The normalized spacial score (nSPS) is 16.7. The molecule has 146 valence electrons. The first-order chi connectivity index (χ1) is 13.1. The first-order valence-corrected chi connectivity index (χ1v) is 10.1. The predicted molar refractivity (Wildman–Crippen MR) is 109 cm³/mol. The lowest BCUT2D eigenvalue weighted by molar-refractivity contribution is -0.121. The second-order valence-electron chi connectivity index (χ2n) is 6.68. The summed E-state index contributed by atoms with van der Waals surface area (Å²) in [6.07, 6.45) is 0. The fraction of sp³-hybridized carbons (Fsp3) is 0.450. The third-order valence-electron chi connectivity index (χ3n) is 4.98. The van der Waals surface area contributed by atoms with Crippen LogP contribution in [0.25, 0.3) is 0 Å². The molecule has 0 aliphatic carbocycles. The summed E-state index contributed by atoms with van der Waals surface area (Å²) in [5, 5.41) is 7.30. The Balaban J connectivity index is 1.55. The summed E-state index contributed by atoms with van der Waals surface area (Å²) in [4.78, 5) is 17.4. The number of piperazine rings is 1. The van der Waals surface area contributed by atoms with Crippen molar-refractivity contribution < 1.29 is 14.3 Å². The zero-order chi connectivity index (χ0) is 19.2. The van der Waals surface area contributed by atoms with Gasteiger partial charge in [-0.05, 0) is 41.4 Å². The second-order valence-corrected chi connectivity index (χ2v) is 7.46. The molecule has 1 aromatic carbocycles. The van der Waals surface area contributed by atoms with E-state index in [1.54, 1.807) is 37.7 Å². The number of anilines is 1. The third-order valence-corrected chi connectivity index (χ3v) is 5.72. The summed E-state index contributed by atoms with van der Waals surface area (Å²) < 4.78 is 10.6. The Kier molecular flexibility index (Phi) is 6.71. The Morgan fingerprint density at radius 2 is 1.96 bits per heavy atom. The maximum atomic E-state index is 12.8. The summed E-state index contributed by atoms with van der Waals surface area (Å²) >= 11 is 1.73. The number of methoxy groups -OCH3 is 2. The van der Waals surface area contributed by atoms with Crippen molar-refractivity contribution in [3.63, 3.8) is 0 Å². The number of ether oxygens (including phenoxy) is 2. The van der Waals surface area contributed by atoms with Gasteiger partial charge in [0.25, 0.3) is 0 Å². The van der Waals surface area contributed by atoms with Gasteiger partial charge in [0.15, 0.2) is 0 Å². The molecule has 6 nitrogen and oxygen atoms in total. The summed E-state index contributed by atoms with van der Waals surface area (Å²) in [7, 11) is 3.19. The Morgan fingerprint density at radius 3 is 2.59 bits per heavy atom. The molecule has 27 heavy (non-hydrogen) atoms. The fourth-order valence-corrected chi connectivity index (χ4v) is 3.92. The van der Waals surface area contributed by atoms with Gasteiger partial charge in [0.1, 0.15) is 11.5 Å². The highest BCUT2D eigenvalue weighted by Gasteiger charge is 2.26. The molecule has 0 saturated carbocycles. The monoisotopic (exact) mass is 389 g/mol. The molecule has 1 aromatic heterocycles. The van der Waals surface area contributed by atoms with Crippen molar-refractivity contribution >= 4 is 22.9 Å². The minimum atomic E-state index is -0.204. The smallest absolute Gasteiger partial charge is 0.241 e. The molecule has 1 aliphatic rings. The maximum Gasteiger partial charge on any atom is 0.241 e. The molecule has 0 spiro atoms. The van der Waals surface area contributed by atoms with Crippen LogP contribution in [-0.4, -0.2) is 62.1 Å². The number of carbonyl (C=O) groups is 1. The minimum Gasteiger partial charge on any atom is -0.497 e. The van der Waals surface area contributed by atoms with Crippen molar-refractivity contribution in [2.45, 2.75) is 19.5 Å². The molecule has 1 amide bonds. The van der Waals surface area contributed by atoms with E-state index in [-0.39, 0.29) is 11.9 Å². The van der Waals surface area contributed by atoms with Gasteiger partial charge in [-0.1, -0.05) is 0 Å². The summed E-state index contributed by atoms with van der Waals surface area (Å²) in [6, 6.07) is 7.35. The van der Waals surface area contributed by atoms with Gasteiger partial charge in [-0.2, -0.15) is 11.3 Å². The summed E-state index contributed by atoms with van der Waals surface area (Å²) in [5.41, 5.74) is 1.99. The van der Waals surface area contributed by atoms with Gasteiger partial charge in [0.2, 0.25) is 5.91 Å². The molecule has 0 radical (unpaired) electrons. The third kappa shape index (κ3) is 5.00. The van der Waals surface area contributed by atoms with Gasteiger partial charge < -0.3 is 14.8 Å². The highest BCUT2D eigenvalue weighted by atomic mass is 32.1. The highest BCUT2D eigenvalue weighted by Crippen LogP contribution is 2.29. The maximum absolute atomic E-state index is 12.8. The van der Waals surface area contributed by atoms with E-state index in [1.807, 2.05) is 13.0 Å². The molecule has 7 heteroatoms. The number of nitrogens with one attached hydrogen (secondary N) is 1. The lowest BCUT2D eigenvalue weighted by Gasteiger charge is -2.37. The van der Waals surface area contributed by atoms with Gasteiger partial charge >= 0.3 is 0 Å². The molecule has 1 saturated heterocycles. The van der Waals surface area contributed by atoms with Crippen LogP contribution in [0, 0.1) is 0 Å². The SMILES string of the molecule is COc1ccc(OC)c(NC(=O)[C@H](C)N2CCN(Cc3ccsc3)CC2)c1. The average Bonchev–Trinajstić information content (AvgIpc) is 3.21. The number of amides is 1. The molecule has 1 fully saturated rings.